The van der Waals surface area contributed by atoms with E-state index in [0.29, 0.717) is 43.8 Å². The van der Waals surface area contributed by atoms with Gasteiger partial charge in [0.1, 0.15) is 11.6 Å². The molecule has 3 heterocycles. The fourth-order valence-electron chi connectivity index (χ4n) is 3.10. The van der Waals surface area contributed by atoms with Crippen LogP contribution in [0.2, 0.25) is 0 Å². The minimum absolute atomic E-state index is 0.179. The second kappa shape index (κ2) is 8.85. The molecule has 2 aromatic rings. The van der Waals surface area contributed by atoms with Gasteiger partial charge in [0, 0.05) is 37.8 Å². The Labute approximate surface area is 163 Å². The summed E-state index contributed by atoms with van der Waals surface area (Å²) < 4.78 is 10.9. The van der Waals surface area contributed by atoms with Crippen LogP contribution in [-0.4, -0.2) is 73.9 Å². The average molecular weight is 384 g/mol. The lowest BCUT2D eigenvalue weighted by Crippen LogP contribution is -2.39. The SMILES string of the molecule is Oc1ccccc1/C=N/Nc1cc(N2CCOCC2)nc(N2CCOCC2)n1. The zero-order valence-corrected chi connectivity index (χ0v) is 15.6. The van der Waals surface area contributed by atoms with Gasteiger partial charge in [0.05, 0.1) is 32.6 Å². The van der Waals surface area contributed by atoms with Gasteiger partial charge >= 0.3 is 0 Å². The van der Waals surface area contributed by atoms with Gasteiger partial charge < -0.3 is 24.4 Å². The molecule has 28 heavy (non-hydrogen) atoms. The highest BCUT2D eigenvalue weighted by Crippen LogP contribution is 2.22. The summed E-state index contributed by atoms with van der Waals surface area (Å²) in [6.07, 6.45) is 1.57. The fourth-order valence-corrected chi connectivity index (χ4v) is 3.10. The van der Waals surface area contributed by atoms with Gasteiger partial charge in [0.2, 0.25) is 5.95 Å². The summed E-state index contributed by atoms with van der Waals surface area (Å²) in [5.41, 5.74) is 3.60. The number of benzene rings is 1. The molecule has 0 atom stereocenters. The number of nitrogens with zero attached hydrogens (tertiary/aromatic N) is 5. The molecule has 0 radical (unpaired) electrons. The molecular weight excluding hydrogens is 360 g/mol. The Bertz CT molecular complexity index is 783. The van der Waals surface area contributed by atoms with Crippen LogP contribution in [0.15, 0.2) is 35.4 Å². The van der Waals surface area contributed by atoms with E-state index >= 15 is 0 Å². The molecule has 0 spiro atoms. The molecule has 0 aliphatic carbocycles. The van der Waals surface area contributed by atoms with E-state index in [1.165, 1.54) is 0 Å². The van der Waals surface area contributed by atoms with E-state index in [0.717, 1.165) is 32.0 Å². The first-order valence-corrected chi connectivity index (χ1v) is 9.41. The van der Waals surface area contributed by atoms with Gasteiger partial charge in [-0.05, 0) is 12.1 Å². The molecule has 2 saturated heterocycles. The number of hydrazone groups is 1. The van der Waals surface area contributed by atoms with Gasteiger partial charge in [0.25, 0.3) is 0 Å². The molecule has 9 heteroatoms. The van der Waals surface area contributed by atoms with Crippen molar-refractivity contribution in [2.75, 3.05) is 67.8 Å². The van der Waals surface area contributed by atoms with Crippen LogP contribution >= 0.6 is 0 Å². The Kier molecular flexibility index (Phi) is 5.83. The van der Waals surface area contributed by atoms with Crippen LogP contribution in [0.3, 0.4) is 0 Å². The summed E-state index contributed by atoms with van der Waals surface area (Å²) in [6, 6.07) is 8.92. The molecule has 4 rings (SSSR count). The van der Waals surface area contributed by atoms with Gasteiger partial charge in [-0.1, -0.05) is 12.1 Å². The zero-order chi connectivity index (χ0) is 19.2. The van der Waals surface area contributed by atoms with Crippen LogP contribution in [0.5, 0.6) is 5.75 Å². The van der Waals surface area contributed by atoms with Crippen molar-refractivity contribution in [1.82, 2.24) is 9.97 Å². The lowest BCUT2D eigenvalue weighted by atomic mass is 10.2. The Hall–Kier alpha value is -2.91. The number of aromatic hydroxyl groups is 1. The number of morpholine rings is 2. The van der Waals surface area contributed by atoms with Crippen molar-refractivity contribution < 1.29 is 14.6 Å². The molecule has 9 nitrogen and oxygen atoms in total. The minimum Gasteiger partial charge on any atom is -0.507 e. The van der Waals surface area contributed by atoms with Gasteiger partial charge in [-0.15, -0.1) is 0 Å². The molecule has 2 N–H and O–H groups in total. The van der Waals surface area contributed by atoms with E-state index in [1.54, 1.807) is 24.4 Å². The molecule has 2 aliphatic rings. The number of anilines is 3. The summed E-state index contributed by atoms with van der Waals surface area (Å²) in [5, 5.41) is 14.1. The number of phenolic OH excluding ortho intramolecular Hbond substituents is 1. The quantitative estimate of drug-likeness (QED) is 0.588. The van der Waals surface area contributed by atoms with Crippen molar-refractivity contribution in [3.63, 3.8) is 0 Å². The summed E-state index contributed by atoms with van der Waals surface area (Å²) in [5.74, 6) is 2.29. The van der Waals surface area contributed by atoms with Crippen molar-refractivity contribution in [2.24, 2.45) is 5.10 Å². The highest BCUT2D eigenvalue weighted by Gasteiger charge is 2.19. The van der Waals surface area contributed by atoms with E-state index in [1.807, 2.05) is 12.1 Å². The number of aromatic nitrogens is 2. The van der Waals surface area contributed by atoms with Gasteiger partial charge in [-0.2, -0.15) is 15.1 Å². The number of para-hydroxylation sites is 1. The van der Waals surface area contributed by atoms with Gasteiger partial charge in [-0.3, -0.25) is 5.43 Å². The Balaban J connectivity index is 1.56. The zero-order valence-electron chi connectivity index (χ0n) is 15.6. The van der Waals surface area contributed by atoms with E-state index in [-0.39, 0.29) is 5.75 Å². The van der Waals surface area contributed by atoms with Crippen LogP contribution in [0.1, 0.15) is 5.56 Å². The molecular formula is C19H24N6O3. The number of hydrogen-bond donors (Lipinski definition) is 2. The largest absolute Gasteiger partial charge is 0.507 e. The number of rotatable bonds is 5. The highest BCUT2D eigenvalue weighted by molar-refractivity contribution is 5.83. The summed E-state index contributed by atoms with van der Waals surface area (Å²) in [4.78, 5) is 13.7. The van der Waals surface area contributed by atoms with Crippen LogP contribution in [0.25, 0.3) is 0 Å². The molecule has 2 fully saturated rings. The number of ether oxygens (including phenoxy) is 2. The molecule has 0 bridgehead atoms. The third kappa shape index (κ3) is 4.49. The smallest absolute Gasteiger partial charge is 0.229 e. The predicted molar refractivity (Wildman–Crippen MR) is 107 cm³/mol. The monoisotopic (exact) mass is 384 g/mol. The van der Waals surface area contributed by atoms with Crippen molar-refractivity contribution in [1.29, 1.82) is 0 Å². The topological polar surface area (TPSA) is 95.3 Å². The molecule has 1 aromatic carbocycles. The van der Waals surface area contributed by atoms with Crippen LogP contribution in [0, 0.1) is 0 Å². The molecule has 0 saturated carbocycles. The second-order valence-corrected chi connectivity index (χ2v) is 6.54. The van der Waals surface area contributed by atoms with Crippen molar-refractivity contribution in [2.45, 2.75) is 0 Å². The first-order chi connectivity index (χ1) is 13.8. The number of phenols is 1. The maximum atomic E-state index is 9.85. The van der Waals surface area contributed by atoms with Crippen molar-refractivity contribution in [3.8, 4) is 5.75 Å². The predicted octanol–water partition coefficient (Wildman–Crippen LogP) is 1.30. The maximum Gasteiger partial charge on any atom is 0.229 e. The molecule has 2 aliphatic heterocycles. The summed E-state index contributed by atoms with van der Waals surface area (Å²) in [6.45, 7) is 5.80. The summed E-state index contributed by atoms with van der Waals surface area (Å²) in [7, 11) is 0. The number of hydrogen-bond acceptors (Lipinski definition) is 9. The third-order valence-electron chi connectivity index (χ3n) is 4.65. The van der Waals surface area contributed by atoms with E-state index < -0.39 is 0 Å². The minimum atomic E-state index is 0.179. The lowest BCUT2D eigenvalue weighted by molar-refractivity contribution is 0.121. The van der Waals surface area contributed by atoms with E-state index in [4.69, 9.17) is 14.5 Å². The first-order valence-electron chi connectivity index (χ1n) is 9.41. The molecule has 1 aromatic heterocycles. The maximum absolute atomic E-state index is 9.85. The fraction of sp³-hybridized carbons (Fsp3) is 0.421. The van der Waals surface area contributed by atoms with Crippen molar-refractivity contribution in [3.05, 3.63) is 35.9 Å². The van der Waals surface area contributed by atoms with Crippen LogP contribution < -0.4 is 15.2 Å². The Morgan fingerprint density at radius 1 is 0.964 bits per heavy atom. The average Bonchev–Trinajstić information content (AvgIpc) is 2.76. The van der Waals surface area contributed by atoms with Gasteiger partial charge in [0.15, 0.2) is 5.82 Å². The normalized spacial score (nSPS) is 17.9. The first kappa shape index (κ1) is 18.5. The van der Waals surface area contributed by atoms with E-state index in [9.17, 15) is 5.11 Å². The van der Waals surface area contributed by atoms with Crippen LogP contribution in [0.4, 0.5) is 17.6 Å². The highest BCUT2D eigenvalue weighted by atomic mass is 16.5. The Morgan fingerprint density at radius 3 is 2.36 bits per heavy atom. The van der Waals surface area contributed by atoms with Crippen LogP contribution in [-0.2, 0) is 9.47 Å². The van der Waals surface area contributed by atoms with E-state index in [2.05, 4.69) is 25.3 Å². The third-order valence-corrected chi connectivity index (χ3v) is 4.65. The second-order valence-electron chi connectivity index (χ2n) is 6.54. The summed E-state index contributed by atoms with van der Waals surface area (Å²) >= 11 is 0. The Morgan fingerprint density at radius 2 is 1.64 bits per heavy atom. The molecule has 0 amide bonds. The lowest BCUT2D eigenvalue weighted by Gasteiger charge is -2.31. The number of nitrogens with one attached hydrogen (secondary N) is 1. The molecule has 148 valence electrons. The van der Waals surface area contributed by atoms with Crippen molar-refractivity contribution >= 4 is 23.8 Å². The molecule has 0 unspecified atom stereocenters. The van der Waals surface area contributed by atoms with Gasteiger partial charge in [-0.25, -0.2) is 0 Å². The standard InChI is InChI=1S/C19H24N6O3/c26-16-4-2-1-3-15(16)14-20-23-17-13-18(24-5-9-27-10-6-24)22-19(21-17)25-7-11-28-12-8-25/h1-4,13-14,26H,5-12H2,(H,21,22,23)/b20-14+.